The fourth-order valence-electron chi connectivity index (χ4n) is 4.35. The molecule has 2 N–H and O–H groups in total. The summed E-state index contributed by atoms with van der Waals surface area (Å²) in [6, 6.07) is 11.0. The number of anilines is 2. The van der Waals surface area contributed by atoms with Crippen molar-refractivity contribution >= 4 is 34.3 Å². The van der Waals surface area contributed by atoms with Crippen LogP contribution < -0.4 is 20.3 Å². The second-order valence-electron chi connectivity index (χ2n) is 10.1. The van der Waals surface area contributed by atoms with Crippen molar-refractivity contribution in [2.24, 2.45) is 0 Å². The molecule has 0 aliphatic heterocycles. The van der Waals surface area contributed by atoms with Gasteiger partial charge < -0.3 is 24.4 Å². The van der Waals surface area contributed by atoms with Crippen LogP contribution >= 0.6 is 0 Å². The van der Waals surface area contributed by atoms with Gasteiger partial charge in [0.15, 0.2) is 17.4 Å². The molecule has 0 radical (unpaired) electrons. The highest BCUT2D eigenvalue weighted by Gasteiger charge is 2.42. The van der Waals surface area contributed by atoms with E-state index in [-0.39, 0.29) is 30.3 Å². The number of hydrogen-bond donors (Lipinski definition) is 2. The predicted molar refractivity (Wildman–Crippen MR) is 161 cm³/mol. The first-order chi connectivity index (χ1) is 23.4. The topological polar surface area (TPSA) is 152 Å². The van der Waals surface area contributed by atoms with Crippen LogP contribution in [0.2, 0.25) is 0 Å². The molecule has 0 saturated heterocycles. The molecule has 0 amide bonds. The first kappa shape index (κ1) is 34.4. The smallest absolute Gasteiger partial charge is 0.491 e. The number of fused-ring (bicyclic) bond motifs is 1. The minimum atomic E-state index is -5.25. The van der Waals surface area contributed by atoms with Gasteiger partial charge in [0.1, 0.15) is 42.3 Å². The fraction of sp³-hybridized carbons (Fsp3) is 0.226. The van der Waals surface area contributed by atoms with E-state index in [0.717, 1.165) is 19.1 Å². The Bertz CT molecular complexity index is 1940. The normalized spacial score (nSPS) is 12.0. The molecule has 3 heterocycles. The van der Waals surface area contributed by atoms with E-state index >= 15 is 8.78 Å². The minimum absolute atomic E-state index is 0.216. The highest BCUT2D eigenvalue weighted by Crippen LogP contribution is 2.31. The van der Waals surface area contributed by atoms with Crippen LogP contribution in [0.1, 0.15) is 12.5 Å². The number of para-hydroxylation sites is 1. The highest BCUT2D eigenvalue weighted by molar-refractivity contribution is 5.92. The van der Waals surface area contributed by atoms with Gasteiger partial charge in [0.05, 0.1) is 25.4 Å². The Kier molecular flexibility index (Phi) is 10.5. The quantitative estimate of drug-likeness (QED) is 0.0751. The summed E-state index contributed by atoms with van der Waals surface area (Å²) in [6.45, 7) is -0.00672. The number of benzene rings is 2. The summed E-state index contributed by atoms with van der Waals surface area (Å²) in [7, 11) is 1.48. The highest BCUT2D eigenvalue weighted by atomic mass is 19.4. The molecule has 0 fully saturated rings. The second kappa shape index (κ2) is 14.9. The van der Waals surface area contributed by atoms with E-state index < -0.39 is 42.4 Å². The third-order valence-corrected chi connectivity index (χ3v) is 6.72. The number of hydroxylamine groups is 1. The minimum Gasteiger partial charge on any atom is -0.491 e. The molecule has 3 aromatic heterocycles. The maximum Gasteiger partial charge on any atom is 0.492 e. The van der Waals surface area contributed by atoms with Crippen LogP contribution in [0, 0.1) is 11.6 Å². The van der Waals surface area contributed by atoms with Crippen LogP contribution in [0.25, 0.3) is 22.4 Å². The number of carbonyl (C=O) groups excluding carboxylic acids is 2. The Morgan fingerprint density at radius 1 is 1.02 bits per heavy atom. The van der Waals surface area contributed by atoms with Gasteiger partial charge in [-0.2, -0.15) is 18.3 Å². The Hall–Kier alpha value is -5.91. The zero-order valence-corrected chi connectivity index (χ0v) is 25.6. The van der Waals surface area contributed by atoms with E-state index in [1.807, 2.05) is 0 Å². The van der Waals surface area contributed by atoms with Crippen molar-refractivity contribution in [1.29, 1.82) is 0 Å². The average Bonchev–Trinajstić information content (AvgIpc) is 3.45. The average molecular weight is 688 g/mol. The van der Waals surface area contributed by atoms with E-state index in [4.69, 9.17) is 14.2 Å². The Morgan fingerprint density at radius 2 is 1.73 bits per heavy atom. The van der Waals surface area contributed by atoms with Gasteiger partial charge in [-0.15, -0.1) is 5.48 Å². The summed E-state index contributed by atoms with van der Waals surface area (Å²) in [6.07, 6.45) is -0.557. The SMILES string of the molecule is COc1cnc(-c2nn(Cc3c(F)cc(OCCOC(=O)[C@H](C)NOC(=O)C(F)(F)F)cc3F)c3ccccc23)nc1Nc1ccncc1. The molecule has 1 atom stereocenters. The monoisotopic (exact) mass is 687 g/mol. The summed E-state index contributed by atoms with van der Waals surface area (Å²) in [5.74, 6) is -4.76. The van der Waals surface area contributed by atoms with Crippen molar-refractivity contribution < 1.29 is 50.6 Å². The van der Waals surface area contributed by atoms with E-state index in [0.29, 0.717) is 33.9 Å². The molecule has 13 nitrogen and oxygen atoms in total. The number of esters is 1. The van der Waals surface area contributed by atoms with Crippen molar-refractivity contribution in [3.8, 4) is 23.0 Å². The van der Waals surface area contributed by atoms with Gasteiger partial charge in [-0.05, 0) is 25.1 Å². The molecule has 0 bridgehead atoms. The van der Waals surface area contributed by atoms with Gasteiger partial charge in [0.2, 0.25) is 0 Å². The molecule has 0 saturated carbocycles. The molecule has 0 spiro atoms. The summed E-state index contributed by atoms with van der Waals surface area (Å²) >= 11 is 0. The largest absolute Gasteiger partial charge is 0.492 e. The van der Waals surface area contributed by atoms with Gasteiger partial charge in [-0.25, -0.2) is 23.5 Å². The van der Waals surface area contributed by atoms with Crippen molar-refractivity contribution in [3.05, 3.63) is 84.3 Å². The molecule has 0 aliphatic rings. The molecule has 18 heteroatoms. The van der Waals surface area contributed by atoms with Gasteiger partial charge in [-0.3, -0.25) is 14.5 Å². The number of alkyl halides is 3. The number of halogens is 5. The fourth-order valence-corrected chi connectivity index (χ4v) is 4.35. The number of nitrogens with one attached hydrogen (secondary N) is 2. The molecule has 0 unspecified atom stereocenters. The third kappa shape index (κ3) is 8.33. The Morgan fingerprint density at radius 3 is 2.43 bits per heavy atom. The van der Waals surface area contributed by atoms with Crippen LogP contribution in [0.15, 0.2) is 67.1 Å². The van der Waals surface area contributed by atoms with Crippen molar-refractivity contribution in [1.82, 2.24) is 30.2 Å². The molecule has 0 aliphatic carbocycles. The summed E-state index contributed by atoms with van der Waals surface area (Å²) < 4.78 is 84.0. The molecular weight excluding hydrogens is 661 g/mol. The Labute approximate surface area is 273 Å². The van der Waals surface area contributed by atoms with E-state index in [2.05, 4.69) is 30.2 Å². The number of carbonyl (C=O) groups is 2. The Balaban J connectivity index is 1.27. The van der Waals surface area contributed by atoms with E-state index in [1.165, 1.54) is 18.0 Å². The molecule has 256 valence electrons. The van der Waals surface area contributed by atoms with Crippen LogP contribution in [-0.4, -0.2) is 69.2 Å². The lowest BCUT2D eigenvalue weighted by Crippen LogP contribution is -2.40. The molecule has 2 aromatic carbocycles. The summed E-state index contributed by atoms with van der Waals surface area (Å²) in [4.78, 5) is 39.4. The maximum atomic E-state index is 15.2. The lowest BCUT2D eigenvalue weighted by atomic mass is 10.1. The first-order valence-corrected chi connectivity index (χ1v) is 14.3. The number of aromatic nitrogens is 5. The molecular formula is C31H26F5N7O6. The van der Waals surface area contributed by atoms with Gasteiger partial charge in [0.25, 0.3) is 0 Å². The second-order valence-corrected chi connectivity index (χ2v) is 10.1. The van der Waals surface area contributed by atoms with E-state index in [1.54, 1.807) is 54.3 Å². The number of pyridine rings is 1. The number of rotatable bonds is 13. The summed E-state index contributed by atoms with van der Waals surface area (Å²) in [5.41, 5.74) is 2.91. The number of nitrogens with zero attached hydrogens (tertiary/aromatic N) is 5. The van der Waals surface area contributed by atoms with Gasteiger partial charge >= 0.3 is 18.1 Å². The van der Waals surface area contributed by atoms with Crippen LogP contribution in [0.4, 0.5) is 33.5 Å². The zero-order valence-electron chi connectivity index (χ0n) is 25.6. The van der Waals surface area contributed by atoms with Crippen molar-refractivity contribution in [2.75, 3.05) is 25.6 Å². The first-order valence-electron chi connectivity index (χ1n) is 14.3. The lowest BCUT2D eigenvalue weighted by Gasteiger charge is -2.14. The zero-order chi connectivity index (χ0) is 35.1. The number of hydrogen-bond acceptors (Lipinski definition) is 12. The maximum absolute atomic E-state index is 15.2. The van der Waals surface area contributed by atoms with E-state index in [9.17, 15) is 22.8 Å². The van der Waals surface area contributed by atoms with Gasteiger partial charge in [-0.1, -0.05) is 18.2 Å². The predicted octanol–water partition coefficient (Wildman–Crippen LogP) is 4.89. The number of methoxy groups -OCH3 is 1. The summed E-state index contributed by atoms with van der Waals surface area (Å²) in [5, 5.41) is 8.38. The molecule has 49 heavy (non-hydrogen) atoms. The van der Waals surface area contributed by atoms with Crippen molar-refractivity contribution in [2.45, 2.75) is 25.7 Å². The third-order valence-electron chi connectivity index (χ3n) is 6.72. The van der Waals surface area contributed by atoms with Crippen LogP contribution in [0.5, 0.6) is 11.5 Å². The molecule has 5 rings (SSSR count). The standard InChI is InChI=1S/C31H26F5N7O6/c1-17(42-49-30(45)31(34,35)36)29(44)48-12-11-47-19-13-22(32)21(23(33)14-19)16-43-24-6-4-3-5-20(24)26(41-43)28-38-15-25(46-2)27(40-28)39-18-7-9-37-10-8-18/h3-10,13-15,17,42H,11-12,16H2,1-2H3,(H,37,38,39,40)/t17-/m0/s1. The van der Waals surface area contributed by atoms with Crippen LogP contribution in [0.3, 0.4) is 0 Å². The molecule has 5 aromatic rings. The van der Waals surface area contributed by atoms with Crippen molar-refractivity contribution in [3.63, 3.8) is 0 Å². The van der Waals surface area contributed by atoms with Gasteiger partial charge in [0, 0.05) is 41.2 Å². The number of ether oxygens (including phenoxy) is 3. The van der Waals surface area contributed by atoms with Crippen LogP contribution in [-0.2, 0) is 25.7 Å². The lowest BCUT2D eigenvalue weighted by molar-refractivity contribution is -0.209.